The molecule has 1 saturated heterocycles. The predicted molar refractivity (Wildman–Crippen MR) is 50.9 cm³/mol. The molecule has 70 valence electrons. The monoisotopic (exact) mass is 168 g/mol. The summed E-state index contributed by atoms with van der Waals surface area (Å²) in [6.45, 7) is 7.02. The van der Waals surface area contributed by atoms with Crippen molar-refractivity contribution in [3.8, 4) is 0 Å². The maximum atomic E-state index is 5.59. The third-order valence-electron chi connectivity index (χ3n) is 3.50. The first kappa shape index (κ1) is 8.52. The summed E-state index contributed by atoms with van der Waals surface area (Å²) in [5.41, 5.74) is 6.37. The Hall–Kier alpha value is -0.0800. The van der Waals surface area contributed by atoms with Crippen LogP contribution in [-0.2, 0) is 0 Å². The van der Waals surface area contributed by atoms with Crippen LogP contribution in [0.3, 0.4) is 0 Å². The van der Waals surface area contributed by atoms with Gasteiger partial charge in [0, 0.05) is 19.6 Å². The van der Waals surface area contributed by atoms with E-state index >= 15 is 0 Å². The summed E-state index contributed by atoms with van der Waals surface area (Å²) >= 11 is 0. The van der Waals surface area contributed by atoms with Crippen LogP contribution in [0.15, 0.2) is 0 Å². The number of hydrogen-bond donors (Lipinski definition) is 1. The lowest BCUT2D eigenvalue weighted by Gasteiger charge is -2.56. The van der Waals surface area contributed by atoms with Crippen molar-refractivity contribution >= 4 is 0 Å². The van der Waals surface area contributed by atoms with Crippen molar-refractivity contribution in [3.63, 3.8) is 0 Å². The molecule has 0 aromatic carbocycles. The Morgan fingerprint density at radius 2 is 2.08 bits per heavy atom. The highest BCUT2D eigenvalue weighted by atomic mass is 15.2. The summed E-state index contributed by atoms with van der Waals surface area (Å²) in [5.74, 6) is 0.683. The van der Waals surface area contributed by atoms with Gasteiger partial charge in [-0.1, -0.05) is 13.3 Å². The topological polar surface area (TPSA) is 29.3 Å². The molecule has 2 N–H and O–H groups in total. The van der Waals surface area contributed by atoms with Gasteiger partial charge in [-0.2, -0.15) is 0 Å². The molecular formula is C10H20N2. The molecule has 0 amide bonds. The third kappa shape index (κ3) is 1.38. The highest BCUT2D eigenvalue weighted by molar-refractivity contribution is 5.00. The minimum absolute atomic E-state index is 0.683. The first-order valence-electron chi connectivity index (χ1n) is 5.16. The number of hydrogen-bond acceptors (Lipinski definition) is 2. The lowest BCUT2D eigenvalue weighted by molar-refractivity contribution is -0.0649. The molecule has 1 spiro atoms. The average Bonchev–Trinajstić information content (AvgIpc) is 1.91. The van der Waals surface area contributed by atoms with Gasteiger partial charge in [0.25, 0.3) is 0 Å². The molecule has 0 aromatic rings. The van der Waals surface area contributed by atoms with Gasteiger partial charge < -0.3 is 10.6 Å². The minimum atomic E-state index is 0.683. The van der Waals surface area contributed by atoms with Crippen molar-refractivity contribution in [1.29, 1.82) is 0 Å². The van der Waals surface area contributed by atoms with Gasteiger partial charge in [0.2, 0.25) is 0 Å². The van der Waals surface area contributed by atoms with Crippen LogP contribution in [0.4, 0.5) is 0 Å². The summed E-state index contributed by atoms with van der Waals surface area (Å²) in [6, 6.07) is 0. The van der Waals surface area contributed by atoms with E-state index < -0.39 is 0 Å². The first-order chi connectivity index (χ1) is 5.74. The van der Waals surface area contributed by atoms with E-state index in [0.717, 1.165) is 12.0 Å². The van der Waals surface area contributed by atoms with Crippen molar-refractivity contribution in [3.05, 3.63) is 0 Å². The number of nitrogens with zero attached hydrogens (tertiary/aromatic N) is 1. The summed E-state index contributed by atoms with van der Waals surface area (Å²) in [7, 11) is 0. The molecular weight excluding hydrogens is 148 g/mol. The fraction of sp³-hybridized carbons (Fsp3) is 1.00. The van der Waals surface area contributed by atoms with Gasteiger partial charge in [0.1, 0.15) is 0 Å². The summed E-state index contributed by atoms with van der Waals surface area (Å²) in [6.07, 6.45) is 4.45. The molecule has 0 aromatic heterocycles. The van der Waals surface area contributed by atoms with Crippen molar-refractivity contribution in [1.82, 2.24) is 4.90 Å². The molecule has 1 heterocycles. The van der Waals surface area contributed by atoms with Gasteiger partial charge in [-0.05, 0) is 30.7 Å². The second-order valence-corrected chi connectivity index (χ2v) is 4.86. The molecule has 1 unspecified atom stereocenters. The van der Waals surface area contributed by atoms with Gasteiger partial charge in [-0.25, -0.2) is 0 Å². The smallest absolute Gasteiger partial charge is 0.00506 e. The van der Waals surface area contributed by atoms with E-state index in [1.54, 1.807) is 0 Å². The van der Waals surface area contributed by atoms with Gasteiger partial charge in [-0.3, -0.25) is 0 Å². The van der Waals surface area contributed by atoms with Crippen LogP contribution in [-0.4, -0.2) is 31.1 Å². The Labute approximate surface area is 75.1 Å². The minimum Gasteiger partial charge on any atom is -0.330 e. The number of likely N-dealkylation sites (tertiary alicyclic amines) is 1. The second kappa shape index (κ2) is 3.00. The zero-order valence-corrected chi connectivity index (χ0v) is 8.05. The van der Waals surface area contributed by atoms with Crippen LogP contribution in [0.2, 0.25) is 0 Å². The Morgan fingerprint density at radius 1 is 1.42 bits per heavy atom. The fourth-order valence-corrected chi connectivity index (χ4v) is 2.54. The van der Waals surface area contributed by atoms with Crippen LogP contribution >= 0.6 is 0 Å². The van der Waals surface area contributed by atoms with E-state index in [-0.39, 0.29) is 0 Å². The SMILES string of the molecule is CC(CN)CN1CC2(CCC2)C1. The molecule has 2 fully saturated rings. The molecule has 0 radical (unpaired) electrons. The highest BCUT2D eigenvalue weighted by Gasteiger charge is 2.46. The highest BCUT2D eigenvalue weighted by Crippen LogP contribution is 2.48. The van der Waals surface area contributed by atoms with Crippen LogP contribution in [0, 0.1) is 11.3 Å². The molecule has 12 heavy (non-hydrogen) atoms. The Balaban J connectivity index is 1.67. The van der Waals surface area contributed by atoms with E-state index in [9.17, 15) is 0 Å². The maximum absolute atomic E-state index is 5.59. The number of rotatable bonds is 3. The summed E-state index contributed by atoms with van der Waals surface area (Å²) in [4.78, 5) is 2.57. The van der Waals surface area contributed by atoms with Gasteiger partial charge in [0.15, 0.2) is 0 Å². The second-order valence-electron chi connectivity index (χ2n) is 4.86. The summed E-state index contributed by atoms with van der Waals surface area (Å²) < 4.78 is 0. The molecule has 0 bridgehead atoms. The zero-order valence-electron chi connectivity index (χ0n) is 8.05. The quantitative estimate of drug-likeness (QED) is 0.683. The normalized spacial score (nSPS) is 29.5. The predicted octanol–water partition coefficient (Wildman–Crippen LogP) is 1.07. The molecule has 1 aliphatic heterocycles. The van der Waals surface area contributed by atoms with Crippen molar-refractivity contribution in [2.45, 2.75) is 26.2 Å². The van der Waals surface area contributed by atoms with E-state index in [4.69, 9.17) is 5.73 Å². The van der Waals surface area contributed by atoms with Crippen molar-refractivity contribution in [2.75, 3.05) is 26.2 Å². The first-order valence-corrected chi connectivity index (χ1v) is 5.16. The molecule has 1 atom stereocenters. The molecule has 2 heteroatoms. The molecule has 1 saturated carbocycles. The molecule has 1 aliphatic carbocycles. The molecule has 2 aliphatic rings. The van der Waals surface area contributed by atoms with E-state index in [1.807, 2.05) is 0 Å². The average molecular weight is 168 g/mol. The van der Waals surface area contributed by atoms with Gasteiger partial charge in [-0.15, -0.1) is 0 Å². The van der Waals surface area contributed by atoms with Crippen LogP contribution < -0.4 is 5.73 Å². The van der Waals surface area contributed by atoms with Crippen LogP contribution in [0.25, 0.3) is 0 Å². The van der Waals surface area contributed by atoms with E-state index in [1.165, 1.54) is 38.9 Å². The van der Waals surface area contributed by atoms with Crippen molar-refractivity contribution < 1.29 is 0 Å². The lowest BCUT2D eigenvalue weighted by Crippen LogP contribution is -2.60. The Morgan fingerprint density at radius 3 is 2.50 bits per heavy atom. The van der Waals surface area contributed by atoms with E-state index in [2.05, 4.69) is 11.8 Å². The molecule has 2 nitrogen and oxygen atoms in total. The largest absolute Gasteiger partial charge is 0.330 e. The van der Waals surface area contributed by atoms with Gasteiger partial charge >= 0.3 is 0 Å². The van der Waals surface area contributed by atoms with E-state index in [0.29, 0.717) is 5.92 Å². The Bertz CT molecular complexity index is 152. The number of nitrogens with two attached hydrogens (primary N) is 1. The maximum Gasteiger partial charge on any atom is 0.00506 e. The third-order valence-corrected chi connectivity index (χ3v) is 3.50. The Kier molecular flexibility index (Phi) is 2.13. The fourth-order valence-electron chi connectivity index (χ4n) is 2.54. The van der Waals surface area contributed by atoms with Crippen LogP contribution in [0.5, 0.6) is 0 Å². The van der Waals surface area contributed by atoms with Crippen LogP contribution in [0.1, 0.15) is 26.2 Å². The lowest BCUT2D eigenvalue weighted by atomic mass is 9.63. The van der Waals surface area contributed by atoms with Crippen molar-refractivity contribution in [2.24, 2.45) is 17.1 Å². The standard InChI is InChI=1S/C10H20N2/c1-9(5-11)6-12-7-10(8-12)3-2-4-10/h9H,2-8,11H2,1H3. The molecule has 2 rings (SSSR count). The van der Waals surface area contributed by atoms with Gasteiger partial charge in [0.05, 0.1) is 0 Å². The zero-order chi connectivity index (χ0) is 8.60. The summed E-state index contributed by atoms with van der Waals surface area (Å²) in [5, 5.41) is 0.